The molecule has 4 bridgehead atoms. The van der Waals surface area contributed by atoms with Crippen LogP contribution in [0.25, 0.3) is 11.0 Å². The summed E-state index contributed by atoms with van der Waals surface area (Å²) in [7, 11) is 0. The van der Waals surface area contributed by atoms with Crippen LogP contribution in [0, 0.1) is 11.8 Å². The summed E-state index contributed by atoms with van der Waals surface area (Å²) >= 11 is 0. The number of nitrogens with zero attached hydrogens (tertiary/aromatic N) is 6. The van der Waals surface area contributed by atoms with E-state index < -0.39 is 0 Å². The predicted octanol–water partition coefficient (Wildman–Crippen LogP) is 5.06. The molecule has 7 rings (SSSR count). The number of fused-ring (bicyclic) bond motifs is 5. The highest BCUT2D eigenvalue weighted by Gasteiger charge is 2.45. The summed E-state index contributed by atoms with van der Waals surface area (Å²) < 4.78 is 2.55. The average Bonchev–Trinajstić information content (AvgIpc) is 3.44. The third-order valence-electron chi connectivity index (χ3n) is 9.52. The minimum Gasteiger partial charge on any atom is -0.324 e. The van der Waals surface area contributed by atoms with E-state index in [2.05, 4.69) is 54.4 Å². The number of nitrogens with one attached hydrogen (secondary N) is 1. The quantitative estimate of drug-likeness (QED) is 0.590. The van der Waals surface area contributed by atoms with Crippen molar-refractivity contribution >= 4 is 11.0 Å². The van der Waals surface area contributed by atoms with Gasteiger partial charge in [0.15, 0.2) is 5.82 Å². The molecule has 4 fully saturated rings. The molecule has 2 aromatic heterocycles. The minimum atomic E-state index is 0.506. The van der Waals surface area contributed by atoms with Gasteiger partial charge in [-0.15, -0.1) is 10.2 Å². The van der Waals surface area contributed by atoms with Crippen LogP contribution in [-0.4, -0.2) is 53.2 Å². The van der Waals surface area contributed by atoms with Gasteiger partial charge in [-0.25, -0.2) is 4.98 Å². The van der Waals surface area contributed by atoms with Crippen molar-refractivity contribution < 1.29 is 0 Å². The maximum absolute atomic E-state index is 5.04. The molecule has 4 aliphatic rings. The summed E-state index contributed by atoms with van der Waals surface area (Å²) in [6.07, 6.45) is 17.6. The van der Waals surface area contributed by atoms with E-state index in [0.29, 0.717) is 12.5 Å². The zero-order chi connectivity index (χ0) is 22.5. The maximum Gasteiger partial charge on any atom is 0.182 e. The Morgan fingerprint density at radius 3 is 2.29 bits per heavy atom. The number of tetrazole rings is 1. The molecule has 2 aliphatic heterocycles. The number of rotatable bonds is 4. The Kier molecular flexibility index (Phi) is 5.41. The average molecular weight is 460 g/mol. The van der Waals surface area contributed by atoms with Gasteiger partial charge in [-0.3, -0.25) is 4.90 Å². The zero-order valence-corrected chi connectivity index (χ0v) is 20.1. The van der Waals surface area contributed by atoms with Gasteiger partial charge in [0, 0.05) is 24.2 Å². The van der Waals surface area contributed by atoms with Gasteiger partial charge in [0.1, 0.15) is 5.82 Å². The monoisotopic (exact) mass is 459 g/mol. The molecule has 34 heavy (non-hydrogen) atoms. The Morgan fingerprint density at radius 1 is 0.794 bits per heavy atom. The van der Waals surface area contributed by atoms with Gasteiger partial charge in [-0.05, 0) is 68.9 Å². The first kappa shape index (κ1) is 21.0. The fourth-order valence-corrected chi connectivity index (χ4v) is 8.33. The van der Waals surface area contributed by atoms with Crippen LogP contribution in [0.1, 0.15) is 94.7 Å². The Morgan fingerprint density at radius 2 is 1.56 bits per heavy atom. The second kappa shape index (κ2) is 8.74. The van der Waals surface area contributed by atoms with E-state index in [1.807, 2.05) is 0 Å². The number of H-pyrrole nitrogens is 1. The molecule has 3 aromatic rings. The first-order chi connectivity index (χ1) is 16.8. The molecule has 6 atom stereocenters. The second-order valence-electron chi connectivity index (χ2n) is 11.6. The summed E-state index contributed by atoms with van der Waals surface area (Å²) in [5.74, 6) is 3.79. The molecule has 180 valence electrons. The third kappa shape index (κ3) is 3.76. The van der Waals surface area contributed by atoms with Crippen LogP contribution in [0.2, 0.25) is 0 Å². The highest BCUT2D eigenvalue weighted by atomic mass is 15.5. The van der Waals surface area contributed by atoms with Gasteiger partial charge < -0.3 is 4.57 Å². The molecule has 0 radical (unpaired) electrons. The van der Waals surface area contributed by atoms with Crippen LogP contribution >= 0.6 is 0 Å². The first-order valence-corrected chi connectivity index (χ1v) is 13.8. The first-order valence-electron chi connectivity index (χ1n) is 13.8. The van der Waals surface area contributed by atoms with E-state index in [9.17, 15) is 0 Å². The Bertz CT molecular complexity index is 1090. The summed E-state index contributed by atoms with van der Waals surface area (Å²) in [4.78, 5) is 8.10. The lowest BCUT2D eigenvalue weighted by Gasteiger charge is -2.54. The summed E-state index contributed by atoms with van der Waals surface area (Å²) in [5, 5.41) is 14.8. The number of hydrogen-bond acceptors (Lipinski definition) is 5. The standard InChI is InChI=1S/C27H37N7/c1-2-7-19-12-18(6-1)13-22(14-19)33-20-8-5-9-21(33)16-23(15-20)34-25-11-4-3-10-24(25)28-27(34)17-26-29-31-32-30-26/h3-4,10-11,18-23H,1-2,5-9,12-17H2,(H,29,30,31,32)/t18-,19+,20-,21+,22?,23?. The summed E-state index contributed by atoms with van der Waals surface area (Å²) in [6.45, 7) is 0. The van der Waals surface area contributed by atoms with Crippen molar-refractivity contribution in [2.45, 2.75) is 108 Å². The molecule has 7 nitrogen and oxygen atoms in total. The van der Waals surface area contributed by atoms with Gasteiger partial charge >= 0.3 is 0 Å². The lowest BCUT2D eigenvalue weighted by Crippen LogP contribution is -2.58. The highest BCUT2D eigenvalue weighted by Crippen LogP contribution is 2.47. The molecule has 2 saturated carbocycles. The second-order valence-corrected chi connectivity index (χ2v) is 11.6. The van der Waals surface area contributed by atoms with Crippen LogP contribution in [0.4, 0.5) is 0 Å². The number of benzene rings is 1. The molecule has 2 aliphatic carbocycles. The molecule has 1 N–H and O–H groups in total. The number of aromatic amines is 1. The van der Waals surface area contributed by atoms with E-state index in [1.54, 1.807) is 0 Å². The molecule has 0 spiro atoms. The van der Waals surface area contributed by atoms with E-state index >= 15 is 0 Å². The molecule has 2 saturated heterocycles. The van der Waals surface area contributed by atoms with Crippen molar-refractivity contribution in [1.29, 1.82) is 0 Å². The molecule has 2 unspecified atom stereocenters. The van der Waals surface area contributed by atoms with Crippen LogP contribution in [0.3, 0.4) is 0 Å². The van der Waals surface area contributed by atoms with Gasteiger partial charge in [-0.2, -0.15) is 5.21 Å². The van der Waals surface area contributed by atoms with Gasteiger partial charge in [0.2, 0.25) is 0 Å². The number of imidazole rings is 1. The van der Waals surface area contributed by atoms with Crippen LogP contribution in [0.5, 0.6) is 0 Å². The third-order valence-corrected chi connectivity index (χ3v) is 9.52. The van der Waals surface area contributed by atoms with Crippen LogP contribution in [-0.2, 0) is 6.42 Å². The Balaban J connectivity index is 1.19. The largest absolute Gasteiger partial charge is 0.324 e. The van der Waals surface area contributed by atoms with Crippen molar-refractivity contribution in [3.05, 3.63) is 35.9 Å². The number of para-hydroxylation sites is 2. The van der Waals surface area contributed by atoms with Crippen molar-refractivity contribution in [2.75, 3.05) is 0 Å². The van der Waals surface area contributed by atoms with Crippen LogP contribution < -0.4 is 0 Å². The van der Waals surface area contributed by atoms with Gasteiger partial charge in [0.25, 0.3) is 0 Å². The zero-order valence-electron chi connectivity index (χ0n) is 20.1. The normalized spacial score (nSPS) is 34.2. The molecule has 7 heteroatoms. The van der Waals surface area contributed by atoms with Crippen molar-refractivity contribution in [3.63, 3.8) is 0 Å². The fourth-order valence-electron chi connectivity index (χ4n) is 8.33. The molecule has 4 heterocycles. The Labute approximate surface area is 201 Å². The SMILES string of the molecule is c1ccc2c(c1)nc(Cc1nn[nH]n1)n2C1C[C@H]2CCC[C@@H](C1)N2C1C[C@H]2CCCC[C@@H](C1)C2. The molecule has 0 amide bonds. The Hall–Kier alpha value is -2.28. The van der Waals surface area contributed by atoms with Crippen LogP contribution in [0.15, 0.2) is 24.3 Å². The highest BCUT2D eigenvalue weighted by molar-refractivity contribution is 5.76. The summed E-state index contributed by atoms with van der Waals surface area (Å²) in [6, 6.07) is 11.4. The number of hydrogen-bond donors (Lipinski definition) is 1. The smallest absolute Gasteiger partial charge is 0.182 e. The summed E-state index contributed by atoms with van der Waals surface area (Å²) in [5.41, 5.74) is 2.35. The minimum absolute atomic E-state index is 0.506. The van der Waals surface area contributed by atoms with Gasteiger partial charge in [-0.1, -0.05) is 49.5 Å². The lowest BCUT2D eigenvalue weighted by molar-refractivity contribution is -0.0419. The van der Waals surface area contributed by atoms with Crippen molar-refractivity contribution in [3.8, 4) is 0 Å². The topological polar surface area (TPSA) is 75.5 Å². The van der Waals surface area contributed by atoms with Crippen molar-refractivity contribution in [1.82, 2.24) is 35.1 Å². The van der Waals surface area contributed by atoms with Gasteiger partial charge in [0.05, 0.1) is 17.5 Å². The van der Waals surface area contributed by atoms with Crippen molar-refractivity contribution in [2.24, 2.45) is 11.8 Å². The predicted molar refractivity (Wildman–Crippen MR) is 131 cm³/mol. The fraction of sp³-hybridized carbons (Fsp3) is 0.704. The lowest BCUT2D eigenvalue weighted by atomic mass is 9.73. The molecular formula is C27H37N7. The number of aromatic nitrogens is 6. The van der Waals surface area contributed by atoms with E-state index in [0.717, 1.165) is 47.1 Å². The maximum atomic E-state index is 5.04. The van der Waals surface area contributed by atoms with E-state index in [-0.39, 0.29) is 0 Å². The van der Waals surface area contributed by atoms with E-state index in [4.69, 9.17) is 4.98 Å². The van der Waals surface area contributed by atoms with E-state index in [1.165, 1.54) is 82.6 Å². The number of piperidine rings is 2. The molecule has 1 aromatic carbocycles. The molecular weight excluding hydrogens is 422 g/mol.